The lowest BCUT2D eigenvalue weighted by Gasteiger charge is -2.10. The van der Waals surface area contributed by atoms with Crippen molar-refractivity contribution in [1.29, 1.82) is 0 Å². The van der Waals surface area contributed by atoms with Gasteiger partial charge in [-0.2, -0.15) is 0 Å². The molecule has 2 aromatic carbocycles. The second-order valence-electron chi connectivity index (χ2n) is 5.38. The molecule has 24 heavy (non-hydrogen) atoms. The minimum absolute atomic E-state index is 0. The molecule has 0 bridgehead atoms. The number of hydrogen-bond donors (Lipinski definition) is 2. The molecule has 0 aromatic heterocycles. The summed E-state index contributed by atoms with van der Waals surface area (Å²) in [5, 5.41) is 3.94. The Morgan fingerprint density at radius 1 is 1.08 bits per heavy atom. The molecular formula is C18H21Cl3N2O. The molecule has 0 saturated carbocycles. The molecule has 130 valence electrons. The first-order chi connectivity index (χ1) is 11.0. The lowest BCUT2D eigenvalue weighted by molar-refractivity contribution is -0.122. The van der Waals surface area contributed by atoms with Gasteiger partial charge in [-0.1, -0.05) is 60.5 Å². The maximum Gasteiger partial charge on any atom is 0.236 e. The predicted octanol–water partition coefficient (Wildman–Crippen LogP) is 4.48. The van der Waals surface area contributed by atoms with E-state index in [0.29, 0.717) is 23.0 Å². The Hall–Kier alpha value is -1.26. The molecule has 0 aliphatic rings. The molecule has 3 N–H and O–H groups in total. The van der Waals surface area contributed by atoms with E-state index >= 15 is 0 Å². The topological polar surface area (TPSA) is 55.1 Å². The van der Waals surface area contributed by atoms with Crippen LogP contribution in [0.15, 0.2) is 42.5 Å². The predicted molar refractivity (Wildman–Crippen MR) is 104 cm³/mol. The Balaban J connectivity index is 0.00000288. The summed E-state index contributed by atoms with van der Waals surface area (Å²) in [5.41, 5.74) is 8.92. The van der Waals surface area contributed by atoms with Crippen LogP contribution < -0.4 is 11.1 Å². The van der Waals surface area contributed by atoms with E-state index in [4.69, 9.17) is 28.9 Å². The fourth-order valence-electron chi connectivity index (χ4n) is 2.19. The number of carbonyl (C=O) groups excluding carboxylic acids is 1. The Morgan fingerprint density at radius 2 is 1.71 bits per heavy atom. The SMILES string of the molecule is CC[C@H](N)C(=O)NCCc1ccc(-c2ccc(Cl)c(Cl)c2)cc1.Cl. The Labute approximate surface area is 158 Å². The van der Waals surface area contributed by atoms with Crippen LogP contribution in [0.25, 0.3) is 11.1 Å². The molecule has 1 atom stereocenters. The maximum absolute atomic E-state index is 11.6. The normalized spacial score (nSPS) is 11.5. The van der Waals surface area contributed by atoms with Crippen LogP contribution in [-0.4, -0.2) is 18.5 Å². The Morgan fingerprint density at radius 3 is 2.29 bits per heavy atom. The Bertz CT molecular complexity index is 674. The molecule has 0 radical (unpaired) electrons. The van der Waals surface area contributed by atoms with Crippen molar-refractivity contribution in [3.63, 3.8) is 0 Å². The van der Waals surface area contributed by atoms with E-state index in [1.165, 1.54) is 0 Å². The molecule has 2 rings (SSSR count). The lowest BCUT2D eigenvalue weighted by Crippen LogP contribution is -2.40. The van der Waals surface area contributed by atoms with E-state index in [-0.39, 0.29) is 18.3 Å². The van der Waals surface area contributed by atoms with Crippen LogP contribution in [0, 0.1) is 0 Å². The zero-order valence-corrected chi connectivity index (χ0v) is 15.7. The standard InChI is InChI=1S/C18H20Cl2N2O.ClH/c1-2-17(21)18(23)22-10-9-12-3-5-13(6-4-12)14-7-8-15(19)16(20)11-14;/h3-8,11,17H,2,9-10,21H2,1H3,(H,22,23);1H/t17-;/m0./s1. The highest BCUT2D eigenvalue weighted by molar-refractivity contribution is 6.42. The summed E-state index contributed by atoms with van der Waals surface area (Å²) in [6.07, 6.45) is 1.41. The molecule has 1 amide bonds. The van der Waals surface area contributed by atoms with E-state index in [0.717, 1.165) is 23.1 Å². The fraction of sp³-hybridized carbons (Fsp3) is 0.278. The fourth-order valence-corrected chi connectivity index (χ4v) is 2.48. The van der Waals surface area contributed by atoms with Gasteiger partial charge in [-0.15, -0.1) is 12.4 Å². The van der Waals surface area contributed by atoms with Gasteiger partial charge in [0.2, 0.25) is 5.91 Å². The van der Waals surface area contributed by atoms with Crippen molar-refractivity contribution in [2.75, 3.05) is 6.54 Å². The van der Waals surface area contributed by atoms with Crippen LogP contribution in [0.1, 0.15) is 18.9 Å². The van der Waals surface area contributed by atoms with Crippen molar-refractivity contribution in [3.8, 4) is 11.1 Å². The molecule has 3 nitrogen and oxygen atoms in total. The Kier molecular flexibility index (Phi) is 8.57. The molecule has 0 aliphatic heterocycles. The molecule has 0 aliphatic carbocycles. The molecule has 6 heteroatoms. The third-order valence-electron chi connectivity index (χ3n) is 3.70. The number of amides is 1. The molecule has 0 heterocycles. The van der Waals surface area contributed by atoms with Gasteiger partial charge in [0, 0.05) is 6.54 Å². The summed E-state index contributed by atoms with van der Waals surface area (Å²) in [6.45, 7) is 2.48. The summed E-state index contributed by atoms with van der Waals surface area (Å²) in [5.74, 6) is -0.0973. The van der Waals surface area contributed by atoms with E-state index in [1.807, 2.05) is 43.3 Å². The monoisotopic (exact) mass is 386 g/mol. The van der Waals surface area contributed by atoms with Crippen LogP contribution in [0.3, 0.4) is 0 Å². The van der Waals surface area contributed by atoms with Gasteiger partial charge >= 0.3 is 0 Å². The van der Waals surface area contributed by atoms with Crippen molar-refractivity contribution in [2.24, 2.45) is 5.73 Å². The van der Waals surface area contributed by atoms with Crippen molar-refractivity contribution in [2.45, 2.75) is 25.8 Å². The highest BCUT2D eigenvalue weighted by Gasteiger charge is 2.09. The van der Waals surface area contributed by atoms with Crippen LogP contribution >= 0.6 is 35.6 Å². The number of carbonyl (C=O) groups is 1. The van der Waals surface area contributed by atoms with Gasteiger partial charge < -0.3 is 11.1 Å². The van der Waals surface area contributed by atoms with Crippen molar-refractivity contribution in [1.82, 2.24) is 5.32 Å². The summed E-state index contributed by atoms with van der Waals surface area (Å²) < 4.78 is 0. The second-order valence-corrected chi connectivity index (χ2v) is 6.20. The van der Waals surface area contributed by atoms with Gasteiger partial charge in [0.15, 0.2) is 0 Å². The smallest absolute Gasteiger partial charge is 0.236 e. The molecule has 0 unspecified atom stereocenters. The first-order valence-electron chi connectivity index (χ1n) is 7.59. The largest absolute Gasteiger partial charge is 0.354 e. The number of benzene rings is 2. The van der Waals surface area contributed by atoms with E-state index in [1.54, 1.807) is 6.07 Å². The third-order valence-corrected chi connectivity index (χ3v) is 4.44. The summed E-state index contributed by atoms with van der Waals surface area (Å²) in [6, 6.07) is 13.3. The highest BCUT2D eigenvalue weighted by atomic mass is 35.5. The number of halogens is 3. The van der Waals surface area contributed by atoms with Crippen LogP contribution in [-0.2, 0) is 11.2 Å². The minimum Gasteiger partial charge on any atom is -0.354 e. The van der Waals surface area contributed by atoms with Gasteiger partial charge in [-0.05, 0) is 41.7 Å². The summed E-state index contributed by atoms with van der Waals surface area (Å²) in [4.78, 5) is 11.6. The van der Waals surface area contributed by atoms with Gasteiger partial charge in [0.25, 0.3) is 0 Å². The minimum atomic E-state index is -0.424. The summed E-state index contributed by atoms with van der Waals surface area (Å²) in [7, 11) is 0. The van der Waals surface area contributed by atoms with Gasteiger partial charge in [0.1, 0.15) is 0 Å². The van der Waals surface area contributed by atoms with Gasteiger partial charge in [-0.3, -0.25) is 4.79 Å². The summed E-state index contributed by atoms with van der Waals surface area (Å²) >= 11 is 12.0. The van der Waals surface area contributed by atoms with Gasteiger partial charge in [-0.25, -0.2) is 0 Å². The first-order valence-corrected chi connectivity index (χ1v) is 8.34. The quantitative estimate of drug-likeness (QED) is 0.768. The molecule has 0 spiro atoms. The maximum atomic E-state index is 11.6. The number of rotatable bonds is 6. The number of nitrogens with two attached hydrogens (primary N) is 1. The van der Waals surface area contributed by atoms with Crippen molar-refractivity contribution < 1.29 is 4.79 Å². The third kappa shape index (κ3) is 5.67. The van der Waals surface area contributed by atoms with Crippen molar-refractivity contribution >= 4 is 41.5 Å². The highest BCUT2D eigenvalue weighted by Crippen LogP contribution is 2.28. The van der Waals surface area contributed by atoms with Crippen LogP contribution in [0.2, 0.25) is 10.0 Å². The zero-order chi connectivity index (χ0) is 16.8. The van der Waals surface area contributed by atoms with Crippen molar-refractivity contribution in [3.05, 3.63) is 58.1 Å². The molecule has 2 aromatic rings. The second kappa shape index (κ2) is 9.90. The van der Waals surface area contributed by atoms with Crippen LogP contribution in [0.5, 0.6) is 0 Å². The molecule has 0 saturated heterocycles. The molecular weight excluding hydrogens is 367 g/mol. The number of nitrogens with one attached hydrogen (secondary N) is 1. The number of hydrogen-bond acceptors (Lipinski definition) is 2. The zero-order valence-electron chi connectivity index (χ0n) is 13.4. The van der Waals surface area contributed by atoms with Gasteiger partial charge in [0.05, 0.1) is 16.1 Å². The lowest BCUT2D eigenvalue weighted by atomic mass is 10.0. The average Bonchev–Trinajstić information content (AvgIpc) is 2.57. The van der Waals surface area contributed by atoms with E-state index < -0.39 is 6.04 Å². The van der Waals surface area contributed by atoms with E-state index in [9.17, 15) is 4.79 Å². The average molecular weight is 388 g/mol. The molecule has 0 fully saturated rings. The van der Waals surface area contributed by atoms with Crippen LogP contribution in [0.4, 0.5) is 0 Å². The first kappa shape index (κ1) is 20.8. The van der Waals surface area contributed by atoms with E-state index in [2.05, 4.69) is 5.32 Å².